The lowest BCUT2D eigenvalue weighted by molar-refractivity contribution is 0.1000. The molecule has 5 heteroatoms. The average Bonchev–Trinajstić information content (AvgIpc) is 2.40. The summed E-state index contributed by atoms with van der Waals surface area (Å²) in [6.07, 6.45) is 0. The summed E-state index contributed by atoms with van der Waals surface area (Å²) in [6, 6.07) is 11.8. The summed E-state index contributed by atoms with van der Waals surface area (Å²) in [5.74, 6) is -0.785. The molecule has 0 radical (unpaired) electrons. The first-order valence-electron chi connectivity index (χ1n) is 5.64. The third kappa shape index (κ3) is 3.54. The molecule has 3 N–H and O–H groups in total. The zero-order valence-electron chi connectivity index (χ0n) is 9.99. The number of anilines is 1. The number of nitrogens with two attached hydrogens (primary N) is 1. The quantitative estimate of drug-likeness (QED) is 0.907. The van der Waals surface area contributed by atoms with Gasteiger partial charge in [-0.25, -0.2) is 4.39 Å². The van der Waals surface area contributed by atoms with Crippen LogP contribution in [0.25, 0.3) is 0 Å². The van der Waals surface area contributed by atoms with Gasteiger partial charge >= 0.3 is 0 Å². The predicted molar refractivity (Wildman–Crippen MR) is 76.4 cm³/mol. The molecule has 0 unspecified atom stereocenters. The van der Waals surface area contributed by atoms with Gasteiger partial charge in [-0.3, -0.25) is 4.79 Å². The predicted octanol–water partition coefficient (Wildman–Crippen LogP) is 3.30. The molecule has 0 fully saturated rings. The van der Waals surface area contributed by atoms with Gasteiger partial charge in [-0.1, -0.05) is 12.1 Å². The molecule has 0 aromatic heterocycles. The Bertz CT molecular complexity index is 616. The van der Waals surface area contributed by atoms with Gasteiger partial charge in [0.25, 0.3) is 0 Å². The van der Waals surface area contributed by atoms with Crippen LogP contribution in [0.1, 0.15) is 15.9 Å². The lowest BCUT2D eigenvalue weighted by Crippen LogP contribution is -2.11. The van der Waals surface area contributed by atoms with Crippen LogP contribution in [0.5, 0.6) is 0 Å². The van der Waals surface area contributed by atoms with E-state index in [0.29, 0.717) is 22.3 Å². The molecular formula is C14H12BrFN2O. The van der Waals surface area contributed by atoms with Crippen LogP contribution in [0.2, 0.25) is 0 Å². The number of benzene rings is 2. The SMILES string of the molecule is NC(=O)c1cccc(CNc2ccc(Br)c(F)c2)c1. The second-order valence-corrected chi connectivity index (χ2v) is 4.90. The Kier molecular flexibility index (Phi) is 4.16. The standard InChI is InChI=1S/C14H12BrFN2O/c15-12-5-4-11(7-13(12)16)18-8-9-2-1-3-10(6-9)14(17)19/h1-7,18H,8H2,(H2,17,19). The zero-order valence-corrected chi connectivity index (χ0v) is 11.6. The number of halogens is 2. The van der Waals surface area contributed by atoms with Crippen molar-refractivity contribution in [3.63, 3.8) is 0 Å². The first kappa shape index (κ1) is 13.5. The monoisotopic (exact) mass is 322 g/mol. The Morgan fingerprint density at radius 1 is 1.26 bits per heavy atom. The Morgan fingerprint density at radius 2 is 2.05 bits per heavy atom. The minimum atomic E-state index is -0.462. The largest absolute Gasteiger partial charge is 0.381 e. The number of carbonyl (C=O) groups is 1. The number of amides is 1. The second-order valence-electron chi connectivity index (χ2n) is 4.05. The molecular weight excluding hydrogens is 311 g/mol. The van der Waals surface area contributed by atoms with E-state index in [2.05, 4.69) is 21.2 Å². The van der Waals surface area contributed by atoms with Crippen LogP contribution in [0.15, 0.2) is 46.9 Å². The molecule has 0 aliphatic rings. The molecule has 1 amide bonds. The number of nitrogens with one attached hydrogen (secondary N) is 1. The van der Waals surface area contributed by atoms with E-state index in [4.69, 9.17) is 5.73 Å². The number of primary amides is 1. The number of hydrogen-bond donors (Lipinski definition) is 2. The molecule has 0 saturated carbocycles. The lowest BCUT2D eigenvalue weighted by atomic mass is 10.1. The zero-order chi connectivity index (χ0) is 13.8. The van der Waals surface area contributed by atoms with Crippen LogP contribution in [0.4, 0.5) is 10.1 Å². The highest BCUT2D eigenvalue weighted by atomic mass is 79.9. The molecule has 0 heterocycles. The fraction of sp³-hybridized carbons (Fsp3) is 0.0714. The average molecular weight is 323 g/mol. The summed E-state index contributed by atoms with van der Waals surface area (Å²) >= 11 is 3.10. The van der Waals surface area contributed by atoms with Crippen molar-refractivity contribution in [1.82, 2.24) is 0 Å². The van der Waals surface area contributed by atoms with Gasteiger partial charge in [0.15, 0.2) is 0 Å². The van der Waals surface area contributed by atoms with E-state index in [9.17, 15) is 9.18 Å². The van der Waals surface area contributed by atoms with Crippen molar-refractivity contribution in [3.05, 3.63) is 63.9 Å². The Hall–Kier alpha value is -1.88. The van der Waals surface area contributed by atoms with Gasteiger partial charge in [0, 0.05) is 17.8 Å². The molecule has 0 saturated heterocycles. The van der Waals surface area contributed by atoms with Crippen molar-refractivity contribution in [2.45, 2.75) is 6.54 Å². The molecule has 2 aromatic rings. The van der Waals surface area contributed by atoms with Gasteiger partial charge in [-0.05, 0) is 51.8 Å². The van der Waals surface area contributed by atoms with Crippen LogP contribution in [0, 0.1) is 5.82 Å². The summed E-state index contributed by atoms with van der Waals surface area (Å²) in [5, 5.41) is 3.08. The minimum Gasteiger partial charge on any atom is -0.381 e. The second kappa shape index (κ2) is 5.84. The number of rotatable bonds is 4. The summed E-state index contributed by atoms with van der Waals surface area (Å²) in [7, 11) is 0. The highest BCUT2D eigenvalue weighted by Crippen LogP contribution is 2.19. The topological polar surface area (TPSA) is 55.1 Å². The van der Waals surface area contributed by atoms with Crippen molar-refractivity contribution in [1.29, 1.82) is 0 Å². The summed E-state index contributed by atoms with van der Waals surface area (Å²) in [6.45, 7) is 0.488. The molecule has 3 nitrogen and oxygen atoms in total. The molecule has 0 atom stereocenters. The van der Waals surface area contributed by atoms with Crippen LogP contribution in [-0.2, 0) is 6.54 Å². The summed E-state index contributed by atoms with van der Waals surface area (Å²) in [5.41, 5.74) is 7.25. The van der Waals surface area contributed by atoms with Crippen LogP contribution >= 0.6 is 15.9 Å². The fourth-order valence-electron chi connectivity index (χ4n) is 1.64. The highest BCUT2D eigenvalue weighted by molar-refractivity contribution is 9.10. The van der Waals surface area contributed by atoms with Gasteiger partial charge in [0.05, 0.1) is 4.47 Å². The van der Waals surface area contributed by atoms with Gasteiger partial charge in [-0.2, -0.15) is 0 Å². The minimum absolute atomic E-state index is 0.323. The summed E-state index contributed by atoms with van der Waals surface area (Å²) < 4.78 is 13.8. The first-order chi connectivity index (χ1) is 9.06. The molecule has 98 valence electrons. The van der Waals surface area contributed by atoms with E-state index in [-0.39, 0.29) is 5.82 Å². The molecule has 0 aliphatic carbocycles. The van der Waals surface area contributed by atoms with E-state index in [1.807, 2.05) is 6.07 Å². The van der Waals surface area contributed by atoms with Crippen LogP contribution < -0.4 is 11.1 Å². The van der Waals surface area contributed by atoms with Crippen molar-refractivity contribution in [2.24, 2.45) is 5.73 Å². The van der Waals surface area contributed by atoms with E-state index in [1.165, 1.54) is 6.07 Å². The number of carbonyl (C=O) groups excluding carboxylic acids is 1. The maximum Gasteiger partial charge on any atom is 0.248 e. The molecule has 0 aliphatic heterocycles. The summed E-state index contributed by atoms with van der Waals surface area (Å²) in [4.78, 5) is 11.1. The van der Waals surface area contributed by atoms with Gasteiger partial charge < -0.3 is 11.1 Å². The van der Waals surface area contributed by atoms with E-state index >= 15 is 0 Å². The van der Waals surface area contributed by atoms with Gasteiger partial charge in [-0.15, -0.1) is 0 Å². The van der Waals surface area contributed by atoms with Crippen LogP contribution in [-0.4, -0.2) is 5.91 Å². The Morgan fingerprint density at radius 3 is 2.74 bits per heavy atom. The molecule has 19 heavy (non-hydrogen) atoms. The van der Waals surface area contributed by atoms with Crippen molar-refractivity contribution in [3.8, 4) is 0 Å². The molecule has 2 rings (SSSR count). The maximum atomic E-state index is 13.3. The van der Waals surface area contributed by atoms with Gasteiger partial charge in [0.2, 0.25) is 5.91 Å². The maximum absolute atomic E-state index is 13.3. The molecule has 0 spiro atoms. The lowest BCUT2D eigenvalue weighted by Gasteiger charge is -2.08. The molecule has 0 bridgehead atoms. The fourth-order valence-corrected chi connectivity index (χ4v) is 1.89. The van der Waals surface area contributed by atoms with Crippen molar-refractivity contribution < 1.29 is 9.18 Å². The Balaban J connectivity index is 2.07. The highest BCUT2D eigenvalue weighted by Gasteiger charge is 2.03. The van der Waals surface area contributed by atoms with E-state index in [1.54, 1.807) is 30.3 Å². The number of hydrogen-bond acceptors (Lipinski definition) is 2. The Labute approximate surface area is 118 Å². The van der Waals surface area contributed by atoms with Gasteiger partial charge in [0.1, 0.15) is 5.82 Å². The third-order valence-corrected chi connectivity index (χ3v) is 3.27. The smallest absolute Gasteiger partial charge is 0.248 e. The van der Waals surface area contributed by atoms with Crippen molar-refractivity contribution in [2.75, 3.05) is 5.32 Å². The molecule has 2 aromatic carbocycles. The third-order valence-electron chi connectivity index (χ3n) is 2.63. The van der Waals surface area contributed by atoms with Crippen molar-refractivity contribution >= 4 is 27.5 Å². The normalized spacial score (nSPS) is 10.2. The van der Waals surface area contributed by atoms with E-state index < -0.39 is 5.91 Å². The first-order valence-corrected chi connectivity index (χ1v) is 6.43. The van der Waals surface area contributed by atoms with Crippen LogP contribution in [0.3, 0.4) is 0 Å². The van der Waals surface area contributed by atoms with E-state index in [0.717, 1.165) is 5.56 Å².